The highest BCUT2D eigenvalue weighted by Gasteiger charge is 2.22. The van der Waals surface area contributed by atoms with Gasteiger partial charge in [-0.3, -0.25) is 14.9 Å². The van der Waals surface area contributed by atoms with Crippen LogP contribution >= 0.6 is 24.2 Å². The van der Waals surface area contributed by atoms with Crippen LogP contribution in [-0.4, -0.2) is 36.0 Å². The lowest BCUT2D eigenvalue weighted by Crippen LogP contribution is -2.44. The first-order chi connectivity index (χ1) is 9.15. The van der Waals surface area contributed by atoms with Crippen LogP contribution in [-0.2, 0) is 9.59 Å². The summed E-state index contributed by atoms with van der Waals surface area (Å²) in [6.45, 7) is -0.0982. The first-order valence-electron chi connectivity index (χ1n) is 5.79. The lowest BCUT2D eigenvalue weighted by Gasteiger charge is -2.10. The van der Waals surface area contributed by atoms with Gasteiger partial charge >= 0.3 is 0 Å². The number of carbonyl (C=O) groups is 2. The highest BCUT2D eigenvalue weighted by atomic mass is 35.5. The minimum atomic E-state index is -0.365. The van der Waals surface area contributed by atoms with Crippen molar-refractivity contribution in [3.63, 3.8) is 0 Å². The van der Waals surface area contributed by atoms with Crippen molar-refractivity contribution in [1.29, 1.82) is 0 Å². The maximum absolute atomic E-state index is 12.7. The molecule has 1 fully saturated rings. The first-order valence-corrected chi connectivity index (χ1v) is 6.95. The summed E-state index contributed by atoms with van der Waals surface area (Å²) in [5.41, 5.74) is 0.496. The molecule has 0 spiro atoms. The maximum Gasteiger partial charge on any atom is 0.243 e. The van der Waals surface area contributed by atoms with Crippen LogP contribution in [0.2, 0.25) is 0 Å². The summed E-state index contributed by atoms with van der Waals surface area (Å²) < 4.78 is 12.7. The SMILES string of the molecule is Cl.O=C(CNC(=O)C1CSCN1)Nc1ccc(F)cc1. The van der Waals surface area contributed by atoms with E-state index in [1.54, 1.807) is 11.8 Å². The Labute approximate surface area is 126 Å². The molecule has 0 aromatic heterocycles. The van der Waals surface area contributed by atoms with Crippen molar-refractivity contribution in [2.45, 2.75) is 6.04 Å². The molecule has 1 aromatic rings. The Bertz CT molecular complexity index is 466. The van der Waals surface area contributed by atoms with Crippen LogP contribution in [0.1, 0.15) is 0 Å². The molecular formula is C12H15ClFN3O2S. The second-order valence-electron chi connectivity index (χ2n) is 4.04. The molecule has 110 valence electrons. The zero-order valence-electron chi connectivity index (χ0n) is 10.5. The van der Waals surface area contributed by atoms with Gasteiger partial charge in [0, 0.05) is 17.3 Å². The lowest BCUT2D eigenvalue weighted by molar-refractivity contribution is -0.125. The molecule has 1 aliphatic heterocycles. The van der Waals surface area contributed by atoms with Crippen molar-refractivity contribution >= 4 is 41.7 Å². The van der Waals surface area contributed by atoms with E-state index in [4.69, 9.17) is 0 Å². The van der Waals surface area contributed by atoms with E-state index in [2.05, 4.69) is 16.0 Å². The fourth-order valence-electron chi connectivity index (χ4n) is 1.59. The van der Waals surface area contributed by atoms with Crippen molar-refractivity contribution in [3.8, 4) is 0 Å². The van der Waals surface area contributed by atoms with E-state index < -0.39 is 0 Å². The van der Waals surface area contributed by atoms with E-state index in [0.717, 1.165) is 5.88 Å². The third kappa shape index (κ3) is 4.99. The van der Waals surface area contributed by atoms with E-state index in [-0.39, 0.29) is 42.6 Å². The molecule has 8 heteroatoms. The molecular weight excluding hydrogens is 305 g/mol. The van der Waals surface area contributed by atoms with Crippen molar-refractivity contribution in [1.82, 2.24) is 10.6 Å². The van der Waals surface area contributed by atoms with Gasteiger partial charge in [0.1, 0.15) is 5.82 Å². The van der Waals surface area contributed by atoms with E-state index >= 15 is 0 Å². The van der Waals surface area contributed by atoms with Crippen LogP contribution < -0.4 is 16.0 Å². The van der Waals surface area contributed by atoms with Gasteiger partial charge in [0.05, 0.1) is 12.6 Å². The Kier molecular flexibility index (Phi) is 6.77. The van der Waals surface area contributed by atoms with E-state index in [1.807, 2.05) is 0 Å². The number of amides is 2. The molecule has 0 saturated carbocycles. The van der Waals surface area contributed by atoms with Gasteiger partial charge in [0.2, 0.25) is 11.8 Å². The van der Waals surface area contributed by atoms with Gasteiger partial charge in [-0.05, 0) is 24.3 Å². The van der Waals surface area contributed by atoms with Gasteiger partial charge < -0.3 is 10.6 Å². The third-order valence-corrected chi connectivity index (χ3v) is 3.52. The van der Waals surface area contributed by atoms with Gasteiger partial charge in [0.25, 0.3) is 0 Å². The number of hydrogen-bond donors (Lipinski definition) is 3. The van der Waals surface area contributed by atoms with Gasteiger partial charge in [-0.15, -0.1) is 24.2 Å². The number of carbonyl (C=O) groups excluding carboxylic acids is 2. The number of halogens is 2. The summed E-state index contributed by atoms with van der Waals surface area (Å²) in [6, 6.07) is 5.21. The van der Waals surface area contributed by atoms with Gasteiger partial charge in [0.15, 0.2) is 0 Å². The average Bonchev–Trinajstić information content (AvgIpc) is 2.93. The standard InChI is InChI=1S/C12H14FN3O2S.ClH/c13-8-1-3-9(4-2-8)16-11(17)5-14-12(18)10-6-19-7-15-10;/h1-4,10,15H,5-7H2,(H,14,18)(H,16,17);1H. The lowest BCUT2D eigenvalue weighted by atomic mass is 10.3. The Hall–Kier alpha value is -1.31. The predicted molar refractivity (Wildman–Crippen MR) is 79.5 cm³/mol. The van der Waals surface area contributed by atoms with E-state index in [1.165, 1.54) is 24.3 Å². The Morgan fingerprint density at radius 2 is 2.05 bits per heavy atom. The number of benzene rings is 1. The topological polar surface area (TPSA) is 70.2 Å². The molecule has 1 aromatic carbocycles. The summed E-state index contributed by atoms with van der Waals surface area (Å²) >= 11 is 1.64. The molecule has 1 aliphatic rings. The zero-order valence-corrected chi connectivity index (χ0v) is 12.2. The minimum Gasteiger partial charge on any atom is -0.346 e. The molecule has 5 nitrogen and oxygen atoms in total. The monoisotopic (exact) mass is 319 g/mol. The number of anilines is 1. The normalized spacial score (nSPS) is 17.1. The molecule has 0 aliphatic carbocycles. The maximum atomic E-state index is 12.7. The molecule has 20 heavy (non-hydrogen) atoms. The zero-order chi connectivity index (χ0) is 13.7. The summed E-state index contributed by atoms with van der Waals surface area (Å²) in [7, 11) is 0. The van der Waals surface area contributed by atoms with Gasteiger partial charge in [-0.25, -0.2) is 4.39 Å². The molecule has 2 amide bonds. The second kappa shape index (κ2) is 8.08. The third-order valence-electron chi connectivity index (χ3n) is 2.58. The summed E-state index contributed by atoms with van der Waals surface area (Å²) in [5.74, 6) is 0.576. The van der Waals surface area contributed by atoms with E-state index in [9.17, 15) is 14.0 Å². The van der Waals surface area contributed by atoms with Crippen LogP contribution in [0.15, 0.2) is 24.3 Å². The predicted octanol–water partition coefficient (Wildman–Crippen LogP) is 0.965. The quantitative estimate of drug-likeness (QED) is 0.773. The van der Waals surface area contributed by atoms with Crippen molar-refractivity contribution in [3.05, 3.63) is 30.1 Å². The fourth-order valence-corrected chi connectivity index (χ4v) is 2.53. The molecule has 3 N–H and O–H groups in total. The highest BCUT2D eigenvalue weighted by Crippen LogP contribution is 2.09. The van der Waals surface area contributed by atoms with Gasteiger partial charge in [-0.1, -0.05) is 0 Å². The molecule has 0 radical (unpaired) electrons. The van der Waals surface area contributed by atoms with E-state index in [0.29, 0.717) is 11.4 Å². The summed E-state index contributed by atoms with van der Waals surface area (Å²) in [4.78, 5) is 23.2. The second-order valence-corrected chi connectivity index (χ2v) is 5.07. The first kappa shape index (κ1) is 16.7. The van der Waals surface area contributed by atoms with Crippen LogP contribution in [0.4, 0.5) is 10.1 Å². The Balaban J connectivity index is 0.00000200. The van der Waals surface area contributed by atoms with Crippen molar-refractivity contribution < 1.29 is 14.0 Å². The smallest absolute Gasteiger partial charge is 0.243 e. The van der Waals surface area contributed by atoms with Crippen molar-refractivity contribution in [2.24, 2.45) is 0 Å². The Morgan fingerprint density at radius 1 is 1.35 bits per heavy atom. The molecule has 1 atom stereocenters. The average molecular weight is 320 g/mol. The molecule has 1 unspecified atom stereocenters. The molecule has 1 saturated heterocycles. The van der Waals surface area contributed by atoms with Gasteiger partial charge in [-0.2, -0.15) is 0 Å². The number of thioether (sulfide) groups is 1. The highest BCUT2D eigenvalue weighted by molar-refractivity contribution is 7.99. The van der Waals surface area contributed by atoms with Crippen molar-refractivity contribution in [2.75, 3.05) is 23.5 Å². The van der Waals surface area contributed by atoms with Crippen LogP contribution in [0.25, 0.3) is 0 Å². The summed E-state index contributed by atoms with van der Waals surface area (Å²) in [6.07, 6.45) is 0. The number of rotatable bonds is 4. The fraction of sp³-hybridized carbons (Fsp3) is 0.333. The largest absolute Gasteiger partial charge is 0.346 e. The minimum absolute atomic E-state index is 0. The van der Waals surface area contributed by atoms with Crippen LogP contribution in [0.3, 0.4) is 0 Å². The molecule has 1 heterocycles. The van der Waals surface area contributed by atoms with Crippen LogP contribution in [0.5, 0.6) is 0 Å². The number of nitrogens with one attached hydrogen (secondary N) is 3. The number of hydrogen-bond acceptors (Lipinski definition) is 4. The summed E-state index contributed by atoms with van der Waals surface area (Å²) in [5, 5.41) is 8.14. The molecule has 2 rings (SSSR count). The molecule has 0 bridgehead atoms. The Morgan fingerprint density at radius 3 is 2.65 bits per heavy atom. The van der Waals surface area contributed by atoms with Crippen LogP contribution in [0, 0.1) is 5.82 Å².